The second-order valence-electron chi connectivity index (χ2n) is 19.1. The van der Waals surface area contributed by atoms with Crippen molar-refractivity contribution < 1.29 is 19.2 Å². The quantitative estimate of drug-likeness (QED) is 0.209. The first-order chi connectivity index (χ1) is 32.9. The third-order valence-electron chi connectivity index (χ3n) is 14.1. The number of carbonyl (C=O) groups is 4. The van der Waals surface area contributed by atoms with Gasteiger partial charge in [-0.3, -0.25) is 48.8 Å². The van der Waals surface area contributed by atoms with E-state index >= 15 is 0 Å². The Kier molecular flexibility index (Phi) is 17.6. The molecule has 4 saturated heterocycles. The lowest BCUT2D eigenvalue weighted by Gasteiger charge is -2.36. The Bertz CT molecular complexity index is 2280. The normalized spacial score (nSPS) is 21.0. The molecule has 0 aromatic heterocycles. The smallest absolute Gasteiger partial charge is 0.255 e. The number of likely N-dealkylation sites (tertiary alicyclic amines) is 4. The standard InChI is InChI=1S/C15H19N3O.C14H17N3O.C13H19N3O.C12H15NO/c1-17-12-16-15(14(17)19)7-9-18(10-8-15)11-13-5-3-2-4-6-13;18-13-14(16-11-15-13)6-8-17(9-7-14)10-12-4-2-1-3-5-12;14-12(17)13(15)6-8-16(9-7-13)10-11-4-2-1-3-5-11;14-12-6-8-13(9-7-12)10-11-4-2-1-3-5-11/h2-6,12H,7-11H2,1H3;1-5,11H,6-10H2,(H,15,16,18);1-5H,6-10,15H2,(H2,14,17);1-5H,6-10H2. The minimum absolute atomic E-state index is 0.0712. The van der Waals surface area contributed by atoms with Gasteiger partial charge in [-0.05, 0) is 60.8 Å². The van der Waals surface area contributed by atoms with E-state index in [0.717, 1.165) is 117 Å². The Balaban J connectivity index is 0.000000135. The number of nitrogens with two attached hydrogens (primary N) is 2. The van der Waals surface area contributed by atoms with E-state index in [-0.39, 0.29) is 17.7 Å². The lowest BCUT2D eigenvalue weighted by Crippen LogP contribution is -2.58. The van der Waals surface area contributed by atoms with E-state index in [1.54, 1.807) is 24.6 Å². The molecular formula is C54H70N10O4. The van der Waals surface area contributed by atoms with E-state index in [2.05, 4.69) is 120 Å². The van der Waals surface area contributed by atoms with Gasteiger partial charge in [-0.15, -0.1) is 0 Å². The average Bonchev–Trinajstić information content (AvgIpc) is 3.86. The maximum Gasteiger partial charge on any atom is 0.255 e. The van der Waals surface area contributed by atoms with Crippen molar-refractivity contribution in [1.29, 1.82) is 0 Å². The molecule has 5 N–H and O–H groups in total. The van der Waals surface area contributed by atoms with Crippen LogP contribution in [0, 0.1) is 0 Å². The Hall–Kier alpha value is -5.90. The van der Waals surface area contributed by atoms with E-state index in [9.17, 15) is 19.2 Å². The summed E-state index contributed by atoms with van der Waals surface area (Å²) in [6, 6.07) is 41.7. The van der Waals surface area contributed by atoms with E-state index in [1.807, 2.05) is 36.4 Å². The van der Waals surface area contributed by atoms with Crippen LogP contribution in [0.2, 0.25) is 0 Å². The third kappa shape index (κ3) is 13.9. The molecule has 4 aromatic carbocycles. The van der Waals surface area contributed by atoms with Crippen LogP contribution in [0.1, 0.15) is 73.6 Å². The molecule has 0 bridgehead atoms. The van der Waals surface area contributed by atoms with Crippen LogP contribution in [-0.2, 0) is 45.4 Å². The predicted molar refractivity (Wildman–Crippen MR) is 268 cm³/mol. The molecule has 4 fully saturated rings. The van der Waals surface area contributed by atoms with Crippen LogP contribution in [-0.4, -0.2) is 137 Å². The molecule has 6 aliphatic rings. The number of Topliss-reactive ketones (excluding diaryl/α,β-unsaturated/α-hetero) is 1. The Morgan fingerprint density at radius 1 is 0.529 bits per heavy atom. The minimum atomic E-state index is -0.798. The van der Waals surface area contributed by atoms with Gasteiger partial charge >= 0.3 is 0 Å². The zero-order valence-corrected chi connectivity index (χ0v) is 39.8. The molecule has 0 radical (unpaired) electrons. The van der Waals surface area contributed by atoms with E-state index in [4.69, 9.17) is 11.5 Å². The van der Waals surface area contributed by atoms with Gasteiger partial charge in [0.25, 0.3) is 11.8 Å². The Morgan fingerprint density at radius 2 is 0.882 bits per heavy atom. The number of carbonyl (C=O) groups excluding carboxylic acids is 4. The largest absolute Gasteiger partial charge is 0.368 e. The topological polar surface area (TPSA) is 173 Å². The van der Waals surface area contributed by atoms with Crippen LogP contribution in [0.25, 0.3) is 0 Å². The highest BCUT2D eigenvalue weighted by atomic mass is 16.2. The summed E-state index contributed by atoms with van der Waals surface area (Å²) in [5.41, 5.74) is 14.8. The molecule has 10 rings (SSSR count). The first-order valence-corrected chi connectivity index (χ1v) is 24.3. The molecule has 0 aliphatic carbocycles. The fourth-order valence-corrected chi connectivity index (χ4v) is 9.59. The van der Waals surface area contributed by atoms with Gasteiger partial charge < -0.3 is 21.7 Å². The summed E-state index contributed by atoms with van der Waals surface area (Å²) in [5.74, 6) is 0.264. The van der Waals surface area contributed by atoms with Crippen LogP contribution >= 0.6 is 0 Å². The number of likely N-dealkylation sites (N-methyl/N-ethyl adjacent to an activating group) is 1. The highest BCUT2D eigenvalue weighted by Gasteiger charge is 2.46. The molecule has 0 saturated carbocycles. The van der Waals surface area contributed by atoms with Crippen molar-refractivity contribution in [3.05, 3.63) is 144 Å². The van der Waals surface area contributed by atoms with Crippen molar-refractivity contribution in [2.75, 3.05) is 59.4 Å². The predicted octanol–water partition coefficient (Wildman–Crippen LogP) is 5.02. The molecule has 0 atom stereocenters. The highest BCUT2D eigenvalue weighted by molar-refractivity contribution is 6.00. The fraction of sp³-hybridized carbons (Fsp3) is 0.444. The maximum atomic E-state index is 12.1. The number of hydrogen-bond donors (Lipinski definition) is 3. The molecule has 68 heavy (non-hydrogen) atoms. The van der Waals surface area contributed by atoms with Gasteiger partial charge in [0.15, 0.2) is 0 Å². The number of aliphatic imine (C=N–C) groups is 2. The molecule has 6 heterocycles. The first kappa shape index (κ1) is 50.0. The molecule has 0 unspecified atom stereocenters. The molecule has 6 aliphatic heterocycles. The van der Waals surface area contributed by atoms with Crippen LogP contribution in [0.4, 0.5) is 0 Å². The van der Waals surface area contributed by atoms with E-state index in [1.165, 1.54) is 22.3 Å². The van der Waals surface area contributed by atoms with Gasteiger partial charge in [0, 0.05) is 98.4 Å². The lowest BCUT2D eigenvalue weighted by atomic mass is 9.87. The number of nitrogens with one attached hydrogen (secondary N) is 1. The van der Waals surface area contributed by atoms with Gasteiger partial charge in [-0.25, -0.2) is 0 Å². The number of amides is 3. The number of ketones is 1. The third-order valence-corrected chi connectivity index (χ3v) is 14.1. The minimum Gasteiger partial charge on any atom is -0.368 e. The summed E-state index contributed by atoms with van der Waals surface area (Å²) in [6.45, 7) is 11.1. The molecule has 14 heteroatoms. The van der Waals surface area contributed by atoms with Crippen molar-refractivity contribution >= 4 is 36.2 Å². The number of rotatable bonds is 9. The zero-order chi connectivity index (χ0) is 47.8. The summed E-state index contributed by atoms with van der Waals surface area (Å²) >= 11 is 0. The second kappa shape index (κ2) is 23.9. The number of primary amides is 1. The van der Waals surface area contributed by atoms with Crippen LogP contribution in [0.15, 0.2) is 131 Å². The lowest BCUT2D eigenvalue weighted by molar-refractivity contribution is -0.132. The van der Waals surface area contributed by atoms with E-state index in [0.29, 0.717) is 18.6 Å². The van der Waals surface area contributed by atoms with Crippen molar-refractivity contribution in [3.63, 3.8) is 0 Å². The van der Waals surface area contributed by atoms with Crippen molar-refractivity contribution in [2.45, 2.75) is 94.2 Å². The van der Waals surface area contributed by atoms with Gasteiger partial charge in [-0.1, -0.05) is 121 Å². The van der Waals surface area contributed by atoms with E-state index < -0.39 is 16.6 Å². The average molecular weight is 923 g/mol. The van der Waals surface area contributed by atoms with Gasteiger partial charge in [0.1, 0.15) is 16.9 Å². The molecular weight excluding hydrogens is 853 g/mol. The van der Waals surface area contributed by atoms with Gasteiger partial charge in [0.05, 0.1) is 18.2 Å². The van der Waals surface area contributed by atoms with Crippen LogP contribution < -0.4 is 16.8 Å². The Labute approximate surface area is 402 Å². The summed E-state index contributed by atoms with van der Waals surface area (Å²) in [6.07, 6.45) is 9.29. The number of nitrogens with zero attached hydrogens (tertiary/aromatic N) is 7. The summed E-state index contributed by atoms with van der Waals surface area (Å²) in [5, 5.41) is 2.70. The van der Waals surface area contributed by atoms with Crippen LogP contribution in [0.3, 0.4) is 0 Å². The number of piperidine rings is 4. The summed E-state index contributed by atoms with van der Waals surface area (Å²) in [7, 11) is 1.79. The summed E-state index contributed by atoms with van der Waals surface area (Å²) < 4.78 is 0. The molecule has 14 nitrogen and oxygen atoms in total. The highest BCUT2D eigenvalue weighted by Crippen LogP contribution is 2.32. The molecule has 4 aromatic rings. The van der Waals surface area contributed by atoms with Crippen molar-refractivity contribution in [3.8, 4) is 0 Å². The monoisotopic (exact) mass is 923 g/mol. The van der Waals surface area contributed by atoms with Gasteiger partial charge in [-0.2, -0.15) is 0 Å². The molecule has 2 spiro atoms. The van der Waals surface area contributed by atoms with Crippen LogP contribution in [0.5, 0.6) is 0 Å². The van der Waals surface area contributed by atoms with Crippen molar-refractivity contribution in [1.82, 2.24) is 29.8 Å². The number of benzene rings is 4. The fourth-order valence-electron chi connectivity index (χ4n) is 9.59. The number of hydrogen-bond acceptors (Lipinski definition) is 11. The SMILES string of the molecule is CN1C=NC2(CCN(Cc3ccccc3)CC2)C1=O.NC(=O)C1(N)CCN(Cc2ccccc2)CC1.O=C1CCN(Cc2ccccc2)CC1.O=C1NC=NC12CCN(Cc1ccccc1)CC2. The summed E-state index contributed by atoms with van der Waals surface area (Å²) in [4.78, 5) is 66.0. The first-order valence-electron chi connectivity index (χ1n) is 24.3. The maximum absolute atomic E-state index is 12.1. The van der Waals surface area contributed by atoms with Crippen molar-refractivity contribution in [2.24, 2.45) is 21.5 Å². The molecule has 360 valence electrons. The Morgan fingerprint density at radius 3 is 1.21 bits per heavy atom. The molecule has 3 amide bonds. The van der Waals surface area contributed by atoms with Gasteiger partial charge in [0.2, 0.25) is 5.91 Å². The second-order valence-corrected chi connectivity index (χ2v) is 19.1. The zero-order valence-electron chi connectivity index (χ0n) is 39.8.